The summed E-state index contributed by atoms with van der Waals surface area (Å²) < 4.78 is 0. The Balaban J connectivity index is 2.66. The van der Waals surface area contributed by atoms with Crippen molar-refractivity contribution in [2.24, 2.45) is 5.16 Å². The summed E-state index contributed by atoms with van der Waals surface area (Å²) in [5, 5.41) is 11.4. The molecule has 3 nitrogen and oxygen atoms in total. The van der Waals surface area contributed by atoms with Crippen molar-refractivity contribution in [2.45, 2.75) is 6.92 Å². The zero-order valence-corrected chi connectivity index (χ0v) is 9.62. The van der Waals surface area contributed by atoms with Crippen LogP contribution < -0.4 is 0 Å². The summed E-state index contributed by atoms with van der Waals surface area (Å²) in [7, 11) is 0. The number of nitrogens with zero attached hydrogens (tertiary/aromatic N) is 1. The summed E-state index contributed by atoms with van der Waals surface area (Å²) in [5.41, 5.74) is 1.62. The molecule has 0 atom stereocenters. The lowest BCUT2D eigenvalue weighted by atomic mass is 10.1. The first-order valence-electron chi connectivity index (χ1n) is 4.62. The van der Waals surface area contributed by atoms with Crippen LogP contribution in [0.4, 0.5) is 0 Å². The molecule has 0 saturated heterocycles. The number of oxime groups is 1. The second kappa shape index (κ2) is 6.70. The van der Waals surface area contributed by atoms with Gasteiger partial charge in [-0.2, -0.15) is 0 Å². The van der Waals surface area contributed by atoms with Gasteiger partial charge in [-0.25, -0.2) is 0 Å². The van der Waals surface area contributed by atoms with Crippen LogP contribution in [0.3, 0.4) is 0 Å². The minimum Gasteiger partial charge on any atom is -0.411 e. The average molecular weight is 233 g/mol. The normalized spacial score (nSPS) is 9.81. The highest BCUT2D eigenvalue weighted by molar-refractivity contribution is 8.13. The topological polar surface area (TPSA) is 49.7 Å². The van der Waals surface area contributed by atoms with E-state index in [9.17, 15) is 4.79 Å². The van der Waals surface area contributed by atoms with Gasteiger partial charge in [0.15, 0.2) is 5.12 Å². The van der Waals surface area contributed by atoms with E-state index in [1.807, 2.05) is 24.3 Å². The van der Waals surface area contributed by atoms with Crippen molar-refractivity contribution in [2.75, 3.05) is 5.75 Å². The predicted octanol–water partition coefficient (Wildman–Crippen LogP) is 2.13. The molecule has 0 spiro atoms. The van der Waals surface area contributed by atoms with Gasteiger partial charge >= 0.3 is 0 Å². The van der Waals surface area contributed by atoms with Gasteiger partial charge in [0.25, 0.3) is 0 Å². The van der Waals surface area contributed by atoms with E-state index in [1.165, 1.54) is 24.9 Å². The molecular weight excluding hydrogens is 222 g/mol. The van der Waals surface area contributed by atoms with E-state index in [-0.39, 0.29) is 5.12 Å². The SMILES string of the molecule is CC(=O)SCC#Cc1cccc(C=NO)c1. The zero-order valence-electron chi connectivity index (χ0n) is 8.80. The number of carbonyl (C=O) groups excluding carboxylic acids is 1. The third-order valence-electron chi connectivity index (χ3n) is 1.67. The molecule has 16 heavy (non-hydrogen) atoms. The van der Waals surface area contributed by atoms with E-state index in [0.29, 0.717) is 5.75 Å². The average Bonchev–Trinajstić information content (AvgIpc) is 2.25. The Bertz CT molecular complexity index is 458. The van der Waals surface area contributed by atoms with Gasteiger partial charge in [-0.1, -0.05) is 40.9 Å². The van der Waals surface area contributed by atoms with E-state index in [0.717, 1.165) is 11.1 Å². The van der Waals surface area contributed by atoms with Gasteiger partial charge in [0.2, 0.25) is 0 Å². The van der Waals surface area contributed by atoms with Crippen molar-refractivity contribution in [1.29, 1.82) is 0 Å². The van der Waals surface area contributed by atoms with Crippen LogP contribution in [0.5, 0.6) is 0 Å². The summed E-state index contributed by atoms with van der Waals surface area (Å²) in [6.07, 6.45) is 1.34. The first-order chi connectivity index (χ1) is 7.72. The molecule has 0 radical (unpaired) electrons. The van der Waals surface area contributed by atoms with Crippen LogP contribution in [0.25, 0.3) is 0 Å². The molecule has 0 amide bonds. The molecule has 0 aliphatic carbocycles. The summed E-state index contributed by atoms with van der Waals surface area (Å²) >= 11 is 1.19. The molecule has 1 aromatic rings. The fraction of sp³-hybridized carbons (Fsp3) is 0.167. The number of hydrogen-bond acceptors (Lipinski definition) is 4. The second-order valence-electron chi connectivity index (χ2n) is 2.95. The Morgan fingerprint density at radius 2 is 2.44 bits per heavy atom. The highest BCUT2D eigenvalue weighted by atomic mass is 32.2. The van der Waals surface area contributed by atoms with Crippen LogP contribution in [-0.4, -0.2) is 22.3 Å². The molecule has 1 N–H and O–H groups in total. The van der Waals surface area contributed by atoms with Gasteiger partial charge in [-0.3, -0.25) is 4.79 Å². The lowest BCUT2D eigenvalue weighted by Crippen LogP contribution is -1.84. The summed E-state index contributed by atoms with van der Waals surface area (Å²) in [5.74, 6) is 6.31. The maximum atomic E-state index is 10.6. The van der Waals surface area contributed by atoms with Crippen molar-refractivity contribution >= 4 is 23.1 Å². The fourth-order valence-electron chi connectivity index (χ4n) is 1.04. The minimum atomic E-state index is 0.0652. The number of thioether (sulfide) groups is 1. The monoisotopic (exact) mass is 233 g/mol. The Morgan fingerprint density at radius 1 is 1.62 bits per heavy atom. The Hall–Kier alpha value is -1.73. The first kappa shape index (κ1) is 12.3. The molecule has 0 saturated carbocycles. The van der Waals surface area contributed by atoms with Crippen LogP contribution in [-0.2, 0) is 4.79 Å². The molecule has 0 heterocycles. The molecule has 4 heteroatoms. The van der Waals surface area contributed by atoms with Gasteiger partial charge in [-0.15, -0.1) is 0 Å². The van der Waals surface area contributed by atoms with Crippen molar-refractivity contribution in [3.63, 3.8) is 0 Å². The van der Waals surface area contributed by atoms with Crippen LogP contribution in [0.1, 0.15) is 18.1 Å². The highest BCUT2D eigenvalue weighted by Gasteiger charge is 1.91. The van der Waals surface area contributed by atoms with E-state index >= 15 is 0 Å². The molecule has 1 rings (SSSR count). The molecule has 0 aliphatic rings. The number of benzene rings is 1. The largest absolute Gasteiger partial charge is 0.411 e. The second-order valence-corrected chi connectivity index (χ2v) is 4.10. The zero-order chi connectivity index (χ0) is 11.8. The van der Waals surface area contributed by atoms with Gasteiger partial charge < -0.3 is 5.21 Å². The number of hydrogen-bond donors (Lipinski definition) is 1. The number of carbonyl (C=O) groups is 1. The molecule has 0 aliphatic heterocycles. The lowest BCUT2D eigenvalue weighted by molar-refractivity contribution is -0.109. The van der Waals surface area contributed by atoms with Crippen LogP contribution in [0, 0.1) is 11.8 Å². The van der Waals surface area contributed by atoms with E-state index in [1.54, 1.807) is 0 Å². The predicted molar refractivity (Wildman–Crippen MR) is 65.8 cm³/mol. The molecule has 0 bridgehead atoms. The lowest BCUT2D eigenvalue weighted by Gasteiger charge is -1.92. The molecule has 0 unspecified atom stereocenters. The summed E-state index contributed by atoms with van der Waals surface area (Å²) in [6.45, 7) is 1.52. The first-order valence-corrected chi connectivity index (χ1v) is 5.60. The van der Waals surface area contributed by atoms with Gasteiger partial charge in [-0.05, 0) is 17.7 Å². The Kier molecular flexibility index (Phi) is 5.17. The molecule has 0 fully saturated rings. The highest BCUT2D eigenvalue weighted by Crippen LogP contribution is 2.03. The van der Waals surface area contributed by atoms with E-state index < -0.39 is 0 Å². The minimum absolute atomic E-state index is 0.0652. The van der Waals surface area contributed by atoms with Gasteiger partial charge in [0.05, 0.1) is 12.0 Å². The maximum Gasteiger partial charge on any atom is 0.186 e. The van der Waals surface area contributed by atoms with Gasteiger partial charge in [0.1, 0.15) is 0 Å². The Morgan fingerprint density at radius 3 is 3.12 bits per heavy atom. The van der Waals surface area contributed by atoms with Crippen molar-refractivity contribution in [3.05, 3.63) is 35.4 Å². The summed E-state index contributed by atoms with van der Waals surface area (Å²) in [6, 6.07) is 7.32. The third-order valence-corrected chi connectivity index (χ3v) is 2.37. The van der Waals surface area contributed by atoms with Crippen LogP contribution in [0.15, 0.2) is 29.4 Å². The van der Waals surface area contributed by atoms with Crippen molar-refractivity contribution in [3.8, 4) is 11.8 Å². The summed E-state index contributed by atoms with van der Waals surface area (Å²) in [4.78, 5) is 10.6. The van der Waals surface area contributed by atoms with Crippen molar-refractivity contribution in [1.82, 2.24) is 0 Å². The quantitative estimate of drug-likeness (QED) is 0.368. The van der Waals surface area contributed by atoms with Crippen LogP contribution >= 0.6 is 11.8 Å². The van der Waals surface area contributed by atoms with Crippen molar-refractivity contribution < 1.29 is 10.0 Å². The standard InChI is InChI=1S/C12H11NO2S/c1-10(14)16-7-3-6-11-4-2-5-12(8-11)9-13-15/h2,4-5,8-9,15H,7H2,1H3. The van der Waals surface area contributed by atoms with E-state index in [2.05, 4.69) is 17.0 Å². The van der Waals surface area contributed by atoms with E-state index in [4.69, 9.17) is 5.21 Å². The third kappa shape index (κ3) is 4.67. The number of rotatable bonds is 2. The van der Waals surface area contributed by atoms with Gasteiger partial charge in [0, 0.05) is 12.5 Å². The Labute approximate surface area is 98.5 Å². The fourth-order valence-corrected chi connectivity index (χ4v) is 1.39. The maximum absolute atomic E-state index is 10.6. The van der Waals surface area contributed by atoms with Crippen LogP contribution in [0.2, 0.25) is 0 Å². The smallest absolute Gasteiger partial charge is 0.186 e. The molecule has 0 aromatic heterocycles. The molecule has 82 valence electrons. The molecule has 1 aromatic carbocycles. The molecular formula is C12H11NO2S.